The summed E-state index contributed by atoms with van der Waals surface area (Å²) < 4.78 is 15.2. The first-order chi connectivity index (χ1) is 15.0. The molecule has 0 atom stereocenters. The lowest BCUT2D eigenvalue weighted by Gasteiger charge is -2.12. The Kier molecular flexibility index (Phi) is 5.60. The summed E-state index contributed by atoms with van der Waals surface area (Å²) in [4.78, 5) is 38.5. The van der Waals surface area contributed by atoms with Crippen molar-refractivity contribution in [3.05, 3.63) is 71.0 Å². The molecule has 4 rings (SSSR count). The summed E-state index contributed by atoms with van der Waals surface area (Å²) in [6.07, 6.45) is 8.90. The van der Waals surface area contributed by atoms with Gasteiger partial charge in [0, 0.05) is 28.4 Å². The molecule has 154 valence electrons. The Labute approximate surface area is 181 Å². The highest BCUT2D eigenvalue weighted by atomic mass is 32.2. The van der Waals surface area contributed by atoms with Crippen molar-refractivity contribution < 1.29 is 18.8 Å². The zero-order chi connectivity index (χ0) is 22.0. The first-order valence-corrected chi connectivity index (χ1v) is 10.1. The molecule has 0 bridgehead atoms. The van der Waals surface area contributed by atoms with Gasteiger partial charge in [-0.25, -0.2) is 4.39 Å². The Morgan fingerprint density at radius 2 is 2.00 bits per heavy atom. The molecule has 1 saturated heterocycles. The topological polar surface area (TPSA) is 71.4 Å². The molecule has 1 N–H and O–H groups in total. The summed E-state index contributed by atoms with van der Waals surface area (Å²) in [6, 6.07) is 13.0. The van der Waals surface area contributed by atoms with E-state index in [1.807, 2.05) is 35.0 Å². The summed E-state index contributed by atoms with van der Waals surface area (Å²) in [5.74, 6) is 0.932. The third kappa shape index (κ3) is 4.22. The van der Waals surface area contributed by atoms with Crippen molar-refractivity contribution in [2.75, 3.05) is 11.9 Å². The molecule has 0 radical (unpaired) electrons. The van der Waals surface area contributed by atoms with Crippen molar-refractivity contribution >= 4 is 51.5 Å². The standard InChI is InChI=1S/C23H16FN3O3S/c1-2-10-26-13-15(18-8-3-4-9-19(18)26)11-20-22(29)27(23(30)31-20)14-21(28)25-17-7-5-6-16(24)12-17/h1,3-9,11-13H,10,14H2,(H,25,28)/b20-11+. The van der Waals surface area contributed by atoms with Crippen LogP contribution in [-0.4, -0.2) is 33.1 Å². The van der Waals surface area contributed by atoms with E-state index in [0.29, 0.717) is 6.54 Å². The van der Waals surface area contributed by atoms with Gasteiger partial charge in [0.15, 0.2) is 0 Å². The van der Waals surface area contributed by atoms with Gasteiger partial charge < -0.3 is 9.88 Å². The molecule has 0 aliphatic carbocycles. The number of amides is 3. The predicted octanol–water partition coefficient (Wildman–Crippen LogP) is 4.09. The second-order valence-corrected chi connectivity index (χ2v) is 7.75. The van der Waals surface area contributed by atoms with E-state index in [1.165, 1.54) is 18.2 Å². The van der Waals surface area contributed by atoms with E-state index in [0.717, 1.165) is 39.2 Å². The van der Waals surface area contributed by atoms with E-state index >= 15 is 0 Å². The maximum absolute atomic E-state index is 13.3. The van der Waals surface area contributed by atoms with Crippen LogP contribution in [0.15, 0.2) is 59.6 Å². The number of nitrogens with one attached hydrogen (secondary N) is 1. The smallest absolute Gasteiger partial charge is 0.294 e. The highest BCUT2D eigenvalue weighted by molar-refractivity contribution is 8.18. The highest BCUT2D eigenvalue weighted by Crippen LogP contribution is 2.34. The Bertz CT molecular complexity index is 1290. The minimum Gasteiger partial charge on any atom is -0.335 e. The monoisotopic (exact) mass is 433 g/mol. The number of benzene rings is 2. The molecule has 0 spiro atoms. The Balaban J connectivity index is 1.55. The minimum atomic E-state index is -0.597. The van der Waals surface area contributed by atoms with Crippen LogP contribution in [0.2, 0.25) is 0 Å². The average Bonchev–Trinajstić information content (AvgIpc) is 3.21. The molecule has 6 nitrogen and oxygen atoms in total. The zero-order valence-electron chi connectivity index (χ0n) is 16.2. The molecule has 8 heteroatoms. The second-order valence-electron chi connectivity index (χ2n) is 6.76. The molecule has 2 aromatic carbocycles. The van der Waals surface area contributed by atoms with E-state index in [9.17, 15) is 18.8 Å². The maximum Gasteiger partial charge on any atom is 0.294 e. The summed E-state index contributed by atoms with van der Waals surface area (Å²) in [7, 11) is 0. The molecule has 2 heterocycles. The molecular weight excluding hydrogens is 417 g/mol. The Morgan fingerprint density at radius 3 is 2.77 bits per heavy atom. The van der Waals surface area contributed by atoms with Crippen molar-refractivity contribution in [1.29, 1.82) is 0 Å². The number of para-hydroxylation sites is 1. The number of aromatic nitrogens is 1. The van der Waals surface area contributed by atoms with Crippen molar-refractivity contribution in [3.63, 3.8) is 0 Å². The van der Waals surface area contributed by atoms with E-state index < -0.39 is 29.4 Å². The Hall–Kier alpha value is -3.83. The molecule has 3 aromatic rings. The number of nitrogens with zero attached hydrogens (tertiary/aromatic N) is 2. The molecule has 0 saturated carbocycles. The van der Waals surface area contributed by atoms with Gasteiger partial charge in [-0.1, -0.05) is 30.2 Å². The summed E-state index contributed by atoms with van der Waals surface area (Å²) >= 11 is 0.767. The number of fused-ring (bicyclic) bond motifs is 1. The molecule has 1 fully saturated rings. The number of anilines is 1. The number of rotatable bonds is 5. The number of hydrogen-bond donors (Lipinski definition) is 1. The zero-order valence-corrected chi connectivity index (χ0v) is 17.0. The van der Waals surface area contributed by atoms with E-state index in [1.54, 1.807) is 6.08 Å². The summed E-state index contributed by atoms with van der Waals surface area (Å²) in [6.45, 7) is -0.0898. The van der Waals surface area contributed by atoms with Crippen molar-refractivity contribution in [2.45, 2.75) is 6.54 Å². The lowest BCUT2D eigenvalue weighted by atomic mass is 10.1. The van der Waals surface area contributed by atoms with Gasteiger partial charge in [0.2, 0.25) is 5.91 Å². The first kappa shape index (κ1) is 20.4. The van der Waals surface area contributed by atoms with E-state index in [-0.39, 0.29) is 10.6 Å². The summed E-state index contributed by atoms with van der Waals surface area (Å²) in [5.41, 5.74) is 1.91. The number of halogens is 1. The molecular formula is C23H16FN3O3S. The van der Waals surface area contributed by atoms with Crippen LogP contribution >= 0.6 is 11.8 Å². The Morgan fingerprint density at radius 1 is 1.19 bits per heavy atom. The third-order valence-electron chi connectivity index (χ3n) is 4.65. The van der Waals surface area contributed by atoms with Crippen LogP contribution in [0.1, 0.15) is 5.56 Å². The van der Waals surface area contributed by atoms with Crippen LogP contribution in [0, 0.1) is 18.2 Å². The number of imide groups is 1. The van der Waals surface area contributed by atoms with Gasteiger partial charge in [0.1, 0.15) is 12.4 Å². The van der Waals surface area contributed by atoms with E-state index in [4.69, 9.17) is 6.42 Å². The van der Waals surface area contributed by atoms with Crippen LogP contribution in [0.4, 0.5) is 14.9 Å². The van der Waals surface area contributed by atoms with Crippen LogP contribution < -0.4 is 5.32 Å². The normalized spacial score (nSPS) is 15.0. The number of terminal acetylenes is 1. The molecule has 31 heavy (non-hydrogen) atoms. The van der Waals surface area contributed by atoms with Gasteiger partial charge in [-0.15, -0.1) is 6.42 Å². The van der Waals surface area contributed by atoms with E-state index in [2.05, 4.69) is 11.2 Å². The van der Waals surface area contributed by atoms with Gasteiger partial charge in [0.05, 0.1) is 11.4 Å². The fourth-order valence-corrected chi connectivity index (χ4v) is 4.14. The van der Waals surface area contributed by atoms with Gasteiger partial charge >= 0.3 is 0 Å². The number of thioether (sulfide) groups is 1. The first-order valence-electron chi connectivity index (χ1n) is 9.28. The third-order valence-corrected chi connectivity index (χ3v) is 5.56. The van der Waals surface area contributed by atoms with Gasteiger partial charge in [-0.3, -0.25) is 19.3 Å². The van der Waals surface area contributed by atoms with Crippen LogP contribution in [0.3, 0.4) is 0 Å². The van der Waals surface area contributed by atoms with Gasteiger partial charge in [-0.2, -0.15) is 0 Å². The average molecular weight is 433 g/mol. The molecule has 1 aromatic heterocycles. The number of carbonyl (C=O) groups excluding carboxylic acids is 3. The summed E-state index contributed by atoms with van der Waals surface area (Å²) in [5, 5.41) is 2.83. The molecule has 3 amide bonds. The van der Waals surface area contributed by atoms with Gasteiger partial charge in [-0.05, 0) is 42.1 Å². The fraction of sp³-hybridized carbons (Fsp3) is 0.0870. The van der Waals surface area contributed by atoms with Crippen LogP contribution in [-0.2, 0) is 16.1 Å². The highest BCUT2D eigenvalue weighted by Gasteiger charge is 2.36. The van der Waals surface area contributed by atoms with Crippen molar-refractivity contribution in [3.8, 4) is 12.3 Å². The quantitative estimate of drug-likeness (QED) is 0.486. The largest absolute Gasteiger partial charge is 0.335 e. The number of hydrogen-bond acceptors (Lipinski definition) is 4. The minimum absolute atomic E-state index is 0.215. The van der Waals surface area contributed by atoms with Crippen LogP contribution in [0.25, 0.3) is 17.0 Å². The van der Waals surface area contributed by atoms with Crippen molar-refractivity contribution in [2.24, 2.45) is 0 Å². The lowest BCUT2D eigenvalue weighted by molar-refractivity contribution is -0.127. The maximum atomic E-state index is 13.3. The molecule has 1 aliphatic rings. The second kappa shape index (κ2) is 8.50. The fourth-order valence-electron chi connectivity index (χ4n) is 3.31. The number of carbonyl (C=O) groups is 3. The van der Waals surface area contributed by atoms with Gasteiger partial charge in [0.25, 0.3) is 11.1 Å². The lowest BCUT2D eigenvalue weighted by Crippen LogP contribution is -2.36. The molecule has 1 aliphatic heterocycles. The molecule has 0 unspecified atom stereocenters. The van der Waals surface area contributed by atoms with Crippen LogP contribution in [0.5, 0.6) is 0 Å². The predicted molar refractivity (Wildman–Crippen MR) is 118 cm³/mol. The van der Waals surface area contributed by atoms with Crippen molar-refractivity contribution in [1.82, 2.24) is 9.47 Å². The SMILES string of the molecule is C#CCn1cc(/C=C2/SC(=O)N(CC(=O)Nc3cccc(F)c3)C2=O)c2ccccc21.